The largest absolute Gasteiger partial charge is 0.494 e. The third-order valence-corrected chi connectivity index (χ3v) is 5.29. The van der Waals surface area contributed by atoms with E-state index in [1.54, 1.807) is 0 Å². The molecule has 0 atom stereocenters. The van der Waals surface area contributed by atoms with Crippen molar-refractivity contribution in [2.75, 3.05) is 38.1 Å². The summed E-state index contributed by atoms with van der Waals surface area (Å²) in [7, 11) is 1.91. The summed E-state index contributed by atoms with van der Waals surface area (Å²) in [5.41, 5.74) is 1.81. The zero-order chi connectivity index (χ0) is 20.0. The lowest BCUT2D eigenvalue weighted by atomic mass is 9.79. The van der Waals surface area contributed by atoms with E-state index in [4.69, 9.17) is 18.9 Å². The highest BCUT2D eigenvalue weighted by Gasteiger charge is 2.51. The first-order valence-electron chi connectivity index (χ1n) is 8.75. The Morgan fingerprint density at radius 2 is 1.27 bits per heavy atom. The lowest BCUT2D eigenvalue weighted by molar-refractivity contribution is -0.0987. The minimum Gasteiger partial charge on any atom is -0.399 e. The summed E-state index contributed by atoms with van der Waals surface area (Å²) in [6.45, 7) is 16.8. The molecule has 1 aromatic carbocycles. The molecule has 2 fully saturated rings. The van der Waals surface area contributed by atoms with Crippen LogP contribution in [0.2, 0.25) is 0 Å². The molecule has 0 spiro atoms. The van der Waals surface area contributed by atoms with Crippen LogP contribution in [0.5, 0.6) is 0 Å². The number of hydrogen-bond acceptors (Lipinski definition) is 6. The van der Waals surface area contributed by atoms with E-state index in [1.807, 2.05) is 13.6 Å². The molecule has 0 N–H and O–H groups in total. The standard InChI is InChI=1S/C17H27BN2O2.2CH2O/c1-16(2)17(3,4)22-18(21-16)14-6-8-15(9-7-14)20-12-10-19(5)11-13-20;2*1-2/h6-9H,10-13H2,1-5H3;2*1H2. The van der Waals surface area contributed by atoms with Gasteiger partial charge in [-0.05, 0) is 52.3 Å². The summed E-state index contributed by atoms with van der Waals surface area (Å²) in [6.07, 6.45) is 0. The number of nitrogens with zero attached hydrogens (tertiary/aromatic N) is 2. The molecule has 0 saturated carbocycles. The Bertz CT molecular complexity index is 539. The molecule has 2 aliphatic heterocycles. The Hall–Kier alpha value is -1.70. The topological polar surface area (TPSA) is 59.1 Å². The van der Waals surface area contributed by atoms with Gasteiger partial charge in [0.15, 0.2) is 0 Å². The SMILES string of the molecule is C=O.C=O.CN1CCN(c2ccc(B3OC(C)(C)C(C)(C)O3)cc2)CC1. The van der Waals surface area contributed by atoms with Crippen molar-refractivity contribution in [1.29, 1.82) is 0 Å². The van der Waals surface area contributed by atoms with E-state index in [0.29, 0.717) is 0 Å². The number of rotatable bonds is 2. The fourth-order valence-electron chi connectivity index (χ4n) is 2.89. The maximum absolute atomic E-state index is 8.00. The average Bonchev–Trinajstić information content (AvgIpc) is 2.87. The molecule has 144 valence electrons. The maximum atomic E-state index is 8.00. The Morgan fingerprint density at radius 3 is 1.69 bits per heavy atom. The van der Waals surface area contributed by atoms with Crippen LogP contribution in [0.15, 0.2) is 24.3 Å². The molecular formula is C19H31BN2O4. The summed E-state index contributed by atoms with van der Waals surface area (Å²) >= 11 is 0. The van der Waals surface area contributed by atoms with E-state index >= 15 is 0 Å². The summed E-state index contributed by atoms with van der Waals surface area (Å²) in [4.78, 5) is 20.8. The zero-order valence-electron chi connectivity index (χ0n) is 16.7. The molecule has 2 aliphatic rings. The first kappa shape index (κ1) is 22.3. The lowest BCUT2D eigenvalue weighted by Gasteiger charge is -2.34. The number of carbonyl (C=O) groups is 2. The summed E-state index contributed by atoms with van der Waals surface area (Å²) in [6, 6.07) is 8.64. The first-order valence-corrected chi connectivity index (χ1v) is 8.75. The van der Waals surface area contributed by atoms with Gasteiger partial charge in [-0.3, -0.25) is 0 Å². The molecule has 26 heavy (non-hydrogen) atoms. The average molecular weight is 362 g/mol. The minimum absolute atomic E-state index is 0.272. The van der Waals surface area contributed by atoms with Crippen molar-refractivity contribution in [1.82, 2.24) is 4.90 Å². The second-order valence-electron chi connectivity index (χ2n) is 7.47. The highest BCUT2D eigenvalue weighted by molar-refractivity contribution is 6.62. The summed E-state index contributed by atoms with van der Waals surface area (Å²) in [5.74, 6) is 0. The van der Waals surface area contributed by atoms with E-state index in [2.05, 4.69) is 68.8 Å². The fourth-order valence-corrected chi connectivity index (χ4v) is 2.89. The Kier molecular flexibility index (Phi) is 7.99. The van der Waals surface area contributed by atoms with Gasteiger partial charge < -0.3 is 28.7 Å². The van der Waals surface area contributed by atoms with Crippen LogP contribution in [-0.4, -0.2) is 70.0 Å². The van der Waals surface area contributed by atoms with Crippen molar-refractivity contribution in [3.05, 3.63) is 24.3 Å². The normalized spacial score (nSPS) is 21.3. The number of piperazine rings is 1. The Labute approximate surface area is 157 Å². The summed E-state index contributed by atoms with van der Waals surface area (Å²) < 4.78 is 12.2. The van der Waals surface area contributed by atoms with E-state index in [1.165, 1.54) is 5.69 Å². The number of benzene rings is 1. The number of carbonyl (C=O) groups excluding carboxylic acids is 2. The van der Waals surface area contributed by atoms with Gasteiger partial charge in [0.05, 0.1) is 11.2 Å². The van der Waals surface area contributed by atoms with Crippen LogP contribution in [0, 0.1) is 0 Å². The van der Waals surface area contributed by atoms with Gasteiger partial charge in [0.2, 0.25) is 0 Å². The van der Waals surface area contributed by atoms with E-state index < -0.39 is 0 Å². The number of hydrogen-bond donors (Lipinski definition) is 0. The first-order chi connectivity index (χ1) is 12.3. The van der Waals surface area contributed by atoms with Gasteiger partial charge >= 0.3 is 7.12 Å². The molecule has 0 aliphatic carbocycles. The van der Waals surface area contributed by atoms with Gasteiger partial charge in [0.25, 0.3) is 0 Å². The van der Waals surface area contributed by atoms with Crippen molar-refractivity contribution in [2.24, 2.45) is 0 Å². The van der Waals surface area contributed by atoms with Crippen molar-refractivity contribution in [3.63, 3.8) is 0 Å². The van der Waals surface area contributed by atoms with Crippen LogP contribution >= 0.6 is 0 Å². The monoisotopic (exact) mass is 362 g/mol. The predicted molar refractivity (Wildman–Crippen MR) is 106 cm³/mol. The second kappa shape index (κ2) is 9.30. The van der Waals surface area contributed by atoms with Crippen molar-refractivity contribution in [3.8, 4) is 0 Å². The third-order valence-electron chi connectivity index (χ3n) is 5.29. The van der Waals surface area contributed by atoms with Crippen molar-refractivity contribution >= 4 is 31.8 Å². The van der Waals surface area contributed by atoms with Gasteiger partial charge in [0.1, 0.15) is 13.6 Å². The molecule has 7 heteroatoms. The van der Waals surface area contributed by atoms with Crippen LogP contribution in [0.1, 0.15) is 27.7 Å². The van der Waals surface area contributed by atoms with Gasteiger partial charge in [-0.2, -0.15) is 0 Å². The van der Waals surface area contributed by atoms with Gasteiger partial charge in [-0.25, -0.2) is 0 Å². The van der Waals surface area contributed by atoms with Crippen LogP contribution in [0.4, 0.5) is 5.69 Å². The Morgan fingerprint density at radius 1 is 0.846 bits per heavy atom. The highest BCUT2D eigenvalue weighted by atomic mass is 16.7. The molecule has 0 radical (unpaired) electrons. The maximum Gasteiger partial charge on any atom is 0.494 e. The molecule has 0 aromatic heterocycles. The highest BCUT2D eigenvalue weighted by Crippen LogP contribution is 2.36. The smallest absolute Gasteiger partial charge is 0.399 e. The Balaban J connectivity index is 0.000000791. The molecule has 0 amide bonds. The van der Waals surface area contributed by atoms with Crippen molar-refractivity contribution < 1.29 is 18.9 Å². The van der Waals surface area contributed by atoms with Gasteiger partial charge in [0, 0.05) is 31.9 Å². The molecular weight excluding hydrogens is 331 g/mol. The summed E-state index contributed by atoms with van der Waals surface area (Å²) in [5, 5.41) is 0. The van der Waals surface area contributed by atoms with Gasteiger partial charge in [-0.1, -0.05) is 12.1 Å². The molecule has 3 rings (SSSR count). The van der Waals surface area contributed by atoms with Crippen LogP contribution in [0.25, 0.3) is 0 Å². The number of likely N-dealkylation sites (N-methyl/N-ethyl adjacent to an activating group) is 1. The van der Waals surface area contributed by atoms with Gasteiger partial charge in [-0.15, -0.1) is 0 Å². The molecule has 2 saturated heterocycles. The molecule has 0 bridgehead atoms. The van der Waals surface area contributed by atoms with E-state index in [9.17, 15) is 0 Å². The van der Waals surface area contributed by atoms with Crippen LogP contribution in [-0.2, 0) is 18.9 Å². The van der Waals surface area contributed by atoms with Crippen molar-refractivity contribution in [2.45, 2.75) is 38.9 Å². The molecule has 1 aromatic rings. The zero-order valence-corrected chi connectivity index (χ0v) is 16.7. The lowest BCUT2D eigenvalue weighted by Crippen LogP contribution is -2.44. The predicted octanol–water partition coefficient (Wildman–Crippen LogP) is 1.37. The van der Waals surface area contributed by atoms with E-state index in [0.717, 1.165) is 31.6 Å². The van der Waals surface area contributed by atoms with Crippen LogP contribution in [0.3, 0.4) is 0 Å². The quantitative estimate of drug-likeness (QED) is 0.741. The fraction of sp³-hybridized carbons (Fsp3) is 0.579. The van der Waals surface area contributed by atoms with Crippen LogP contribution < -0.4 is 10.4 Å². The van der Waals surface area contributed by atoms with E-state index in [-0.39, 0.29) is 18.3 Å². The molecule has 0 unspecified atom stereocenters. The molecule has 2 heterocycles. The molecule has 6 nitrogen and oxygen atoms in total. The second-order valence-corrected chi connectivity index (χ2v) is 7.47. The third kappa shape index (κ3) is 4.93. The minimum atomic E-state index is -0.284. The number of anilines is 1.